The quantitative estimate of drug-likeness (QED) is 0.0437. The maximum absolute atomic E-state index is 12.5. The summed E-state index contributed by atoms with van der Waals surface area (Å²) in [5, 5.41) is 36.7. The largest absolute Gasteiger partial charge is 0.504 e. The fourth-order valence-electron chi connectivity index (χ4n) is 3.19. The predicted molar refractivity (Wildman–Crippen MR) is 155 cm³/mol. The van der Waals surface area contributed by atoms with Gasteiger partial charge in [-0.1, -0.05) is 23.7 Å². The van der Waals surface area contributed by atoms with Crippen molar-refractivity contribution in [3.63, 3.8) is 0 Å². The Morgan fingerprint density at radius 3 is 2.04 bits per heavy atom. The van der Waals surface area contributed by atoms with Crippen molar-refractivity contribution < 1.29 is 73.9 Å². The minimum absolute atomic E-state index is 0.00527. The van der Waals surface area contributed by atoms with Gasteiger partial charge in [-0.3, -0.25) is 19.5 Å². The molecule has 3 aromatic rings. The van der Waals surface area contributed by atoms with Crippen LogP contribution in [0.3, 0.4) is 0 Å². The van der Waals surface area contributed by atoms with Gasteiger partial charge in [-0.25, -0.2) is 4.79 Å². The number of methoxy groups -OCH3 is 1. The van der Waals surface area contributed by atoms with Crippen LogP contribution >= 0.6 is 24.2 Å². The molecule has 0 aliphatic heterocycles. The number of nitro groups is 1. The molecule has 0 radical (unpaired) electrons. The van der Waals surface area contributed by atoms with E-state index in [0.717, 1.165) is 18.2 Å². The standard InChI is InChI=1S/C10H6F6O2.C10H10O4S.C6H4ClNO5S/c11-9(12,13)6-2-1-5(3-8(17)18)7(4-6)10(14,15)16;1-14-8-4-6(2-3-7(8)11)5-9(15)10(12)13;7-4-1-2-6(14(11,12)13)5(3-4)8(9)10/h1-2,4H,3H2,(H,17,18);2-5,11,15H,1H3,(H,12,13);1-3H,(H,11,12,13). The van der Waals surface area contributed by atoms with Gasteiger partial charge in [0.1, 0.15) is 0 Å². The number of aromatic hydroxyl groups is 1. The number of carboxylic acids is 2. The molecule has 0 fully saturated rings. The Kier molecular flexibility index (Phi) is 14.1. The minimum atomic E-state index is -5.04. The zero-order valence-corrected chi connectivity index (χ0v) is 25.5. The first-order valence-electron chi connectivity index (χ1n) is 11.8. The Morgan fingerprint density at radius 1 is 1.00 bits per heavy atom. The number of thiol groups is 1. The van der Waals surface area contributed by atoms with Gasteiger partial charge in [0, 0.05) is 11.1 Å². The summed E-state index contributed by atoms with van der Waals surface area (Å²) in [7, 11) is -3.18. The Balaban J connectivity index is 0.000000356. The highest BCUT2D eigenvalue weighted by molar-refractivity contribution is 7.86. The molecular weight excluding hydrogens is 716 g/mol. The number of hydrogen-bond acceptors (Lipinski definition) is 9. The Hall–Kier alpha value is -4.53. The molecule has 0 saturated carbocycles. The van der Waals surface area contributed by atoms with E-state index in [0.29, 0.717) is 17.7 Å². The average molecular weight is 736 g/mol. The lowest BCUT2D eigenvalue weighted by molar-refractivity contribution is -0.387. The molecule has 0 amide bonds. The summed E-state index contributed by atoms with van der Waals surface area (Å²) in [5.74, 6) is -2.37. The van der Waals surface area contributed by atoms with E-state index in [1.807, 2.05) is 0 Å². The first kappa shape index (κ1) is 40.5. The molecule has 0 aromatic heterocycles. The lowest BCUT2D eigenvalue weighted by Crippen LogP contribution is -2.15. The van der Waals surface area contributed by atoms with Gasteiger partial charge in [-0.2, -0.15) is 34.8 Å². The summed E-state index contributed by atoms with van der Waals surface area (Å²) in [6.45, 7) is 0. The molecule has 0 bridgehead atoms. The number of phenolic OH excluding ortho intramolecular Hbond substituents is 1. The summed E-state index contributed by atoms with van der Waals surface area (Å²) < 4.78 is 109. The van der Waals surface area contributed by atoms with E-state index >= 15 is 0 Å². The van der Waals surface area contributed by atoms with Gasteiger partial charge in [0.15, 0.2) is 16.4 Å². The van der Waals surface area contributed by atoms with Crippen LogP contribution in [0.5, 0.6) is 11.5 Å². The molecule has 0 atom stereocenters. The van der Waals surface area contributed by atoms with Crippen molar-refractivity contribution in [1.29, 1.82) is 0 Å². The molecule has 256 valence electrons. The van der Waals surface area contributed by atoms with Gasteiger partial charge in [0.2, 0.25) is 0 Å². The number of carbonyl (C=O) groups is 2. The van der Waals surface area contributed by atoms with E-state index in [1.54, 1.807) is 6.07 Å². The van der Waals surface area contributed by atoms with Crippen molar-refractivity contribution in [2.45, 2.75) is 23.7 Å². The molecule has 0 heterocycles. The molecule has 3 rings (SSSR count). The number of halogens is 7. The number of rotatable bonds is 7. The number of hydrogen-bond donors (Lipinski definition) is 5. The Morgan fingerprint density at radius 2 is 1.60 bits per heavy atom. The Labute approximate surface area is 270 Å². The van der Waals surface area contributed by atoms with Crippen LogP contribution in [0.4, 0.5) is 32.0 Å². The van der Waals surface area contributed by atoms with Crippen molar-refractivity contribution >= 4 is 58.0 Å². The summed E-state index contributed by atoms with van der Waals surface area (Å²) in [4.78, 5) is 29.4. The minimum Gasteiger partial charge on any atom is -0.504 e. The molecule has 21 heteroatoms. The van der Waals surface area contributed by atoms with Gasteiger partial charge in [0.25, 0.3) is 5.69 Å². The fourth-order valence-corrected chi connectivity index (χ4v) is 4.14. The normalized spacial score (nSPS) is 11.7. The molecule has 0 aliphatic rings. The van der Waals surface area contributed by atoms with Crippen LogP contribution in [0.2, 0.25) is 5.02 Å². The predicted octanol–water partition coefficient (Wildman–Crippen LogP) is 6.60. The van der Waals surface area contributed by atoms with Crippen LogP contribution in [-0.2, 0) is 38.5 Å². The van der Waals surface area contributed by atoms with Gasteiger partial charge in [-0.05, 0) is 53.6 Å². The van der Waals surface area contributed by atoms with Crippen LogP contribution in [0.1, 0.15) is 22.3 Å². The van der Waals surface area contributed by atoms with Crippen LogP contribution in [0.25, 0.3) is 6.08 Å². The molecule has 12 nitrogen and oxygen atoms in total. The second kappa shape index (κ2) is 16.3. The highest BCUT2D eigenvalue weighted by Gasteiger charge is 2.38. The zero-order chi connectivity index (χ0) is 36.5. The summed E-state index contributed by atoms with van der Waals surface area (Å²) >= 11 is 9.21. The molecule has 0 saturated heterocycles. The van der Waals surface area contributed by atoms with Gasteiger partial charge < -0.3 is 20.1 Å². The van der Waals surface area contributed by atoms with Crippen LogP contribution in [-0.4, -0.2) is 52.3 Å². The van der Waals surface area contributed by atoms with E-state index < -0.39 is 73.0 Å². The molecule has 3 aromatic carbocycles. The third-order valence-corrected chi connectivity index (χ3v) is 6.66. The highest BCUT2D eigenvalue weighted by atomic mass is 35.5. The second-order valence-corrected chi connectivity index (χ2v) is 10.9. The average Bonchev–Trinajstić information content (AvgIpc) is 2.92. The van der Waals surface area contributed by atoms with Crippen molar-refractivity contribution in [2.75, 3.05) is 7.11 Å². The number of aliphatic carboxylic acids is 2. The molecule has 0 spiro atoms. The number of phenols is 1. The SMILES string of the molecule is COc1cc(C=C(S)C(=O)O)ccc1O.O=C(O)Cc1ccc(C(F)(F)F)cc1C(F)(F)F.O=[N+]([O-])c1cc(Cl)ccc1S(=O)(=O)O. The highest BCUT2D eigenvalue weighted by Crippen LogP contribution is 2.37. The van der Waals surface area contributed by atoms with Crippen LogP contribution in [0, 0.1) is 10.1 Å². The van der Waals surface area contributed by atoms with E-state index in [4.69, 9.17) is 31.1 Å². The van der Waals surface area contributed by atoms with Crippen molar-refractivity contribution in [2.24, 2.45) is 0 Å². The monoisotopic (exact) mass is 735 g/mol. The summed E-state index contributed by atoms with van der Waals surface area (Å²) in [5.41, 5.74) is -3.91. The van der Waals surface area contributed by atoms with Crippen LogP contribution < -0.4 is 4.74 Å². The topological polar surface area (TPSA) is 202 Å². The maximum atomic E-state index is 12.5. The number of ether oxygens (including phenoxy) is 1. The molecule has 0 aliphatic carbocycles. The lowest BCUT2D eigenvalue weighted by atomic mass is 10.0. The molecule has 4 N–H and O–H groups in total. The van der Waals surface area contributed by atoms with Crippen molar-refractivity contribution in [3.05, 3.63) is 96.9 Å². The summed E-state index contributed by atoms with van der Waals surface area (Å²) in [6, 6.07) is 8.24. The first-order chi connectivity index (χ1) is 21.4. The maximum Gasteiger partial charge on any atom is 0.416 e. The number of carboxylic acid groups (broad SMARTS) is 2. The fraction of sp³-hybridized carbons (Fsp3) is 0.154. The number of alkyl halides is 6. The third kappa shape index (κ3) is 13.0. The summed E-state index contributed by atoms with van der Waals surface area (Å²) in [6.07, 6.45) is -9.58. The second-order valence-electron chi connectivity index (χ2n) is 8.55. The van der Waals surface area contributed by atoms with Gasteiger partial charge in [-0.15, -0.1) is 12.6 Å². The van der Waals surface area contributed by atoms with E-state index in [-0.39, 0.29) is 27.5 Å². The van der Waals surface area contributed by atoms with Gasteiger partial charge in [0.05, 0.1) is 34.5 Å². The van der Waals surface area contributed by atoms with E-state index in [1.165, 1.54) is 25.3 Å². The van der Waals surface area contributed by atoms with Crippen molar-refractivity contribution in [1.82, 2.24) is 0 Å². The zero-order valence-electron chi connectivity index (χ0n) is 23.1. The molecular formula is C26H20ClF6NO11S2. The van der Waals surface area contributed by atoms with Crippen molar-refractivity contribution in [3.8, 4) is 11.5 Å². The Bertz CT molecular complexity index is 1780. The molecule has 0 unspecified atom stereocenters. The number of nitrogens with zero attached hydrogens (tertiary/aromatic N) is 1. The first-order valence-corrected chi connectivity index (χ1v) is 14.1. The van der Waals surface area contributed by atoms with E-state index in [2.05, 4.69) is 12.6 Å². The third-order valence-electron chi connectivity index (χ3n) is 5.21. The van der Waals surface area contributed by atoms with Crippen LogP contribution in [0.15, 0.2) is 64.4 Å². The molecule has 47 heavy (non-hydrogen) atoms. The lowest BCUT2D eigenvalue weighted by Gasteiger charge is -2.14. The number of nitro benzene ring substituents is 1. The number of benzene rings is 3. The van der Waals surface area contributed by atoms with E-state index in [9.17, 15) is 59.6 Å². The van der Waals surface area contributed by atoms with Gasteiger partial charge >= 0.3 is 34.4 Å². The smallest absolute Gasteiger partial charge is 0.416 e.